The Bertz CT molecular complexity index is 540. The van der Waals surface area contributed by atoms with Crippen molar-refractivity contribution in [2.45, 2.75) is 39.2 Å². The van der Waals surface area contributed by atoms with Crippen molar-refractivity contribution in [2.75, 3.05) is 5.73 Å². The summed E-state index contributed by atoms with van der Waals surface area (Å²) in [6, 6.07) is 3.97. The van der Waals surface area contributed by atoms with Gasteiger partial charge in [-0.05, 0) is 31.4 Å². The number of nitrogen functional groups attached to an aromatic ring is 1. The number of nitrogens with zero attached hydrogens (tertiary/aromatic N) is 3. The Hall–Kier alpha value is -1.58. The summed E-state index contributed by atoms with van der Waals surface area (Å²) in [6.45, 7) is 2.95. The standard InChI is InChI=1S/C13H18N4/c1-9-5-6-11-12(15-9)17(13(14)16-11)8-7-10-3-2-4-10/h5-6,10H,2-4,7-8H2,1H3,(H2,14,16). The Kier molecular flexibility index (Phi) is 2.50. The smallest absolute Gasteiger partial charge is 0.202 e. The second-order valence-corrected chi connectivity index (χ2v) is 5.00. The lowest BCUT2D eigenvalue weighted by Gasteiger charge is -2.25. The van der Waals surface area contributed by atoms with Crippen molar-refractivity contribution in [3.63, 3.8) is 0 Å². The summed E-state index contributed by atoms with van der Waals surface area (Å²) in [7, 11) is 0. The van der Waals surface area contributed by atoms with E-state index in [1.165, 1.54) is 25.7 Å². The molecule has 2 aromatic heterocycles. The van der Waals surface area contributed by atoms with Gasteiger partial charge in [-0.1, -0.05) is 19.3 Å². The molecule has 90 valence electrons. The summed E-state index contributed by atoms with van der Waals surface area (Å²) >= 11 is 0. The van der Waals surface area contributed by atoms with E-state index in [1.807, 2.05) is 19.1 Å². The van der Waals surface area contributed by atoms with Crippen molar-refractivity contribution in [3.05, 3.63) is 17.8 Å². The average Bonchev–Trinajstić information content (AvgIpc) is 2.53. The molecule has 4 nitrogen and oxygen atoms in total. The Balaban J connectivity index is 1.90. The highest BCUT2D eigenvalue weighted by molar-refractivity contribution is 5.74. The van der Waals surface area contributed by atoms with Crippen LogP contribution in [0.3, 0.4) is 0 Å². The molecule has 2 heterocycles. The van der Waals surface area contributed by atoms with E-state index < -0.39 is 0 Å². The normalized spacial score (nSPS) is 16.3. The summed E-state index contributed by atoms with van der Waals surface area (Å²) in [4.78, 5) is 8.89. The largest absolute Gasteiger partial charge is 0.369 e. The zero-order chi connectivity index (χ0) is 11.8. The quantitative estimate of drug-likeness (QED) is 0.881. The molecule has 3 rings (SSSR count). The number of fused-ring (bicyclic) bond motifs is 1. The summed E-state index contributed by atoms with van der Waals surface area (Å²) in [5, 5.41) is 0. The molecule has 1 aliphatic rings. The molecule has 1 saturated carbocycles. The highest BCUT2D eigenvalue weighted by Gasteiger charge is 2.18. The molecule has 1 fully saturated rings. The summed E-state index contributed by atoms with van der Waals surface area (Å²) in [5.41, 5.74) is 8.81. The minimum atomic E-state index is 0.595. The lowest BCUT2D eigenvalue weighted by molar-refractivity contribution is 0.284. The maximum atomic E-state index is 5.96. The fourth-order valence-corrected chi connectivity index (χ4v) is 2.43. The molecule has 0 amide bonds. The predicted octanol–water partition coefficient (Wildman–Crippen LogP) is 2.51. The zero-order valence-corrected chi connectivity index (χ0v) is 10.2. The minimum absolute atomic E-state index is 0.595. The molecule has 17 heavy (non-hydrogen) atoms. The molecule has 2 N–H and O–H groups in total. The Morgan fingerprint density at radius 3 is 2.88 bits per heavy atom. The second-order valence-electron chi connectivity index (χ2n) is 5.00. The van der Waals surface area contributed by atoms with Crippen LogP contribution in [0.1, 0.15) is 31.4 Å². The Morgan fingerprint density at radius 2 is 2.18 bits per heavy atom. The fourth-order valence-electron chi connectivity index (χ4n) is 2.43. The molecular weight excluding hydrogens is 212 g/mol. The molecule has 0 bridgehead atoms. The third-order valence-electron chi connectivity index (χ3n) is 3.75. The van der Waals surface area contributed by atoms with Crippen molar-refractivity contribution in [1.29, 1.82) is 0 Å². The van der Waals surface area contributed by atoms with Gasteiger partial charge >= 0.3 is 0 Å². The van der Waals surface area contributed by atoms with Crippen molar-refractivity contribution in [3.8, 4) is 0 Å². The molecule has 0 aromatic carbocycles. The van der Waals surface area contributed by atoms with Gasteiger partial charge in [-0.2, -0.15) is 0 Å². The molecule has 2 aromatic rings. The van der Waals surface area contributed by atoms with E-state index >= 15 is 0 Å². The van der Waals surface area contributed by atoms with Crippen LogP contribution in [0.5, 0.6) is 0 Å². The van der Waals surface area contributed by atoms with Gasteiger partial charge in [0.15, 0.2) is 5.65 Å². The van der Waals surface area contributed by atoms with Crippen LogP contribution in [0.2, 0.25) is 0 Å². The van der Waals surface area contributed by atoms with Crippen LogP contribution in [0.15, 0.2) is 12.1 Å². The van der Waals surface area contributed by atoms with Gasteiger partial charge in [0, 0.05) is 12.2 Å². The van der Waals surface area contributed by atoms with Gasteiger partial charge in [0.05, 0.1) is 0 Å². The zero-order valence-electron chi connectivity index (χ0n) is 10.2. The van der Waals surface area contributed by atoms with Crippen molar-refractivity contribution in [1.82, 2.24) is 14.5 Å². The molecule has 0 spiro atoms. The number of imidazole rings is 1. The molecule has 0 unspecified atom stereocenters. The topological polar surface area (TPSA) is 56.7 Å². The first-order valence-electron chi connectivity index (χ1n) is 6.33. The van der Waals surface area contributed by atoms with Gasteiger partial charge in [0.1, 0.15) is 5.52 Å². The average molecular weight is 230 g/mol. The van der Waals surface area contributed by atoms with E-state index in [9.17, 15) is 0 Å². The molecule has 4 heteroatoms. The lowest BCUT2D eigenvalue weighted by Crippen LogP contribution is -2.15. The third kappa shape index (κ3) is 1.88. The van der Waals surface area contributed by atoms with Crippen LogP contribution in [-0.2, 0) is 6.54 Å². The van der Waals surface area contributed by atoms with Crippen molar-refractivity contribution in [2.24, 2.45) is 5.92 Å². The van der Waals surface area contributed by atoms with Gasteiger partial charge in [0.2, 0.25) is 5.95 Å². The molecule has 0 radical (unpaired) electrons. The Morgan fingerprint density at radius 1 is 1.35 bits per heavy atom. The van der Waals surface area contributed by atoms with Crippen LogP contribution in [0.25, 0.3) is 11.2 Å². The van der Waals surface area contributed by atoms with Gasteiger partial charge in [-0.3, -0.25) is 4.57 Å². The maximum Gasteiger partial charge on any atom is 0.202 e. The number of pyridine rings is 1. The number of anilines is 1. The number of aryl methyl sites for hydroxylation is 2. The van der Waals surface area contributed by atoms with E-state index in [1.54, 1.807) is 0 Å². The van der Waals surface area contributed by atoms with Gasteiger partial charge in [0.25, 0.3) is 0 Å². The lowest BCUT2D eigenvalue weighted by atomic mass is 9.83. The SMILES string of the molecule is Cc1ccc2nc(N)n(CCC3CCC3)c2n1. The second kappa shape index (κ2) is 4.02. The van der Waals surface area contributed by atoms with Crippen LogP contribution in [-0.4, -0.2) is 14.5 Å². The monoisotopic (exact) mass is 230 g/mol. The van der Waals surface area contributed by atoms with Crippen LogP contribution in [0, 0.1) is 12.8 Å². The number of nitrogens with two attached hydrogens (primary N) is 1. The van der Waals surface area contributed by atoms with Crippen LogP contribution >= 0.6 is 0 Å². The number of hydrogen-bond acceptors (Lipinski definition) is 3. The maximum absolute atomic E-state index is 5.96. The van der Waals surface area contributed by atoms with E-state index in [2.05, 4.69) is 14.5 Å². The predicted molar refractivity (Wildman–Crippen MR) is 68.6 cm³/mol. The first kappa shape index (κ1) is 10.6. The van der Waals surface area contributed by atoms with Gasteiger partial charge in [-0.15, -0.1) is 0 Å². The van der Waals surface area contributed by atoms with E-state index in [0.29, 0.717) is 5.95 Å². The summed E-state index contributed by atoms with van der Waals surface area (Å²) < 4.78 is 2.06. The van der Waals surface area contributed by atoms with Gasteiger partial charge < -0.3 is 5.73 Å². The molecular formula is C13H18N4. The molecule has 0 saturated heterocycles. The number of hydrogen-bond donors (Lipinski definition) is 1. The first-order chi connectivity index (χ1) is 8.24. The summed E-state index contributed by atoms with van der Waals surface area (Å²) in [5.74, 6) is 1.48. The first-order valence-corrected chi connectivity index (χ1v) is 6.33. The van der Waals surface area contributed by atoms with Crippen LogP contribution < -0.4 is 5.73 Å². The fraction of sp³-hybridized carbons (Fsp3) is 0.538. The summed E-state index contributed by atoms with van der Waals surface area (Å²) in [6.07, 6.45) is 5.34. The molecule has 1 aliphatic carbocycles. The van der Waals surface area contributed by atoms with Crippen LogP contribution in [0.4, 0.5) is 5.95 Å². The van der Waals surface area contributed by atoms with Crippen molar-refractivity contribution >= 4 is 17.1 Å². The van der Waals surface area contributed by atoms with E-state index in [4.69, 9.17) is 5.73 Å². The molecule has 0 aliphatic heterocycles. The minimum Gasteiger partial charge on any atom is -0.369 e. The highest BCUT2D eigenvalue weighted by atomic mass is 15.2. The van der Waals surface area contributed by atoms with E-state index in [0.717, 1.165) is 29.3 Å². The number of rotatable bonds is 3. The number of aromatic nitrogens is 3. The third-order valence-corrected chi connectivity index (χ3v) is 3.75. The van der Waals surface area contributed by atoms with E-state index in [-0.39, 0.29) is 0 Å². The molecule has 0 atom stereocenters. The Labute approximate surface area is 101 Å². The van der Waals surface area contributed by atoms with Crippen molar-refractivity contribution < 1.29 is 0 Å². The van der Waals surface area contributed by atoms with Gasteiger partial charge in [-0.25, -0.2) is 9.97 Å². The highest BCUT2D eigenvalue weighted by Crippen LogP contribution is 2.30.